The number of esters is 1. The number of carbonyl (C=O) groups excluding carboxylic acids is 1. The maximum Gasteiger partial charge on any atom is 0.334 e. The minimum Gasteiger partial charge on any atom is -0.458 e. The first-order valence-electron chi connectivity index (χ1n) is 9.89. The van der Waals surface area contributed by atoms with Crippen molar-refractivity contribution in [1.29, 1.82) is 0 Å². The van der Waals surface area contributed by atoms with Crippen LogP contribution < -0.4 is 0 Å². The fourth-order valence-electron chi connectivity index (χ4n) is 7.34. The summed E-state index contributed by atoms with van der Waals surface area (Å²) in [4.78, 5) is 12.1. The van der Waals surface area contributed by atoms with Crippen molar-refractivity contribution in [3.8, 4) is 0 Å². The van der Waals surface area contributed by atoms with Crippen LogP contribution in [-0.2, 0) is 19.0 Å². The number of alkyl halides is 1. The van der Waals surface area contributed by atoms with Gasteiger partial charge in [-0.05, 0) is 44.6 Å². The summed E-state index contributed by atoms with van der Waals surface area (Å²) in [6, 6.07) is 0. The van der Waals surface area contributed by atoms with Crippen molar-refractivity contribution in [2.24, 2.45) is 17.3 Å². The van der Waals surface area contributed by atoms with E-state index in [1.807, 2.05) is 0 Å². The average molecular weight is 397 g/mol. The highest BCUT2D eigenvalue weighted by molar-refractivity contribution is 6.22. The normalized spacial score (nSPS) is 57.8. The van der Waals surface area contributed by atoms with Crippen LogP contribution in [0.25, 0.3) is 0 Å². The zero-order valence-corrected chi connectivity index (χ0v) is 16.5. The molecule has 3 aliphatic heterocycles. The molecule has 4 fully saturated rings. The van der Waals surface area contributed by atoms with Gasteiger partial charge < -0.3 is 24.4 Å². The molecule has 2 spiro atoms. The molecule has 0 radical (unpaired) electrons. The van der Waals surface area contributed by atoms with Crippen molar-refractivity contribution in [2.45, 2.75) is 80.5 Å². The van der Waals surface area contributed by atoms with Gasteiger partial charge in [0.2, 0.25) is 0 Å². The highest BCUT2D eigenvalue weighted by Crippen LogP contribution is 2.79. The Morgan fingerprint density at radius 2 is 2.04 bits per heavy atom. The number of epoxide rings is 2. The van der Waals surface area contributed by atoms with E-state index >= 15 is 0 Å². The van der Waals surface area contributed by atoms with Gasteiger partial charge in [0.25, 0.3) is 0 Å². The predicted molar refractivity (Wildman–Crippen MR) is 94.1 cm³/mol. The first-order chi connectivity index (χ1) is 12.6. The van der Waals surface area contributed by atoms with Crippen LogP contribution in [0.1, 0.15) is 40.0 Å². The average Bonchev–Trinajstić information content (AvgIpc) is 3.44. The van der Waals surface area contributed by atoms with E-state index in [0.717, 1.165) is 24.0 Å². The molecule has 0 aromatic rings. The Morgan fingerprint density at radius 1 is 1.30 bits per heavy atom. The summed E-state index contributed by atoms with van der Waals surface area (Å²) in [5.74, 6) is -0.583. The Morgan fingerprint density at radius 3 is 2.74 bits per heavy atom. The minimum absolute atomic E-state index is 0.132. The number of hydrogen-bond donors (Lipinski definition) is 2. The Hall–Kier alpha value is -0.660. The Balaban J connectivity index is 1.48. The second kappa shape index (κ2) is 4.57. The van der Waals surface area contributed by atoms with Gasteiger partial charge in [0.05, 0.1) is 23.2 Å². The smallest absolute Gasteiger partial charge is 0.334 e. The third-order valence-corrected chi connectivity index (χ3v) is 9.10. The maximum atomic E-state index is 12.1. The number of aliphatic hydroxyl groups is 2. The zero-order valence-electron chi connectivity index (χ0n) is 15.7. The van der Waals surface area contributed by atoms with Crippen molar-refractivity contribution in [3.05, 3.63) is 11.1 Å². The van der Waals surface area contributed by atoms with Crippen molar-refractivity contribution in [1.82, 2.24) is 0 Å². The number of cyclic esters (lactones) is 1. The molecule has 148 valence electrons. The van der Waals surface area contributed by atoms with Gasteiger partial charge in [-0.1, -0.05) is 6.92 Å². The van der Waals surface area contributed by atoms with Gasteiger partial charge in [0, 0.05) is 16.9 Å². The molecule has 27 heavy (non-hydrogen) atoms. The molecule has 7 heteroatoms. The van der Waals surface area contributed by atoms with Gasteiger partial charge in [0.1, 0.15) is 18.3 Å². The molecular formula is C20H25ClO6. The summed E-state index contributed by atoms with van der Waals surface area (Å²) in [5.41, 5.74) is -0.970. The molecule has 6 nitrogen and oxygen atoms in total. The predicted octanol–water partition coefficient (Wildman–Crippen LogP) is 1.30. The maximum absolute atomic E-state index is 12.1. The first kappa shape index (κ1) is 17.2. The third kappa shape index (κ3) is 1.62. The molecule has 0 bridgehead atoms. The lowest BCUT2D eigenvalue weighted by atomic mass is 9.46. The molecule has 0 aromatic heterocycles. The molecule has 0 unspecified atom stereocenters. The summed E-state index contributed by atoms with van der Waals surface area (Å²) in [5, 5.41) is 21.5. The molecule has 2 N–H and O–H groups in total. The number of fused-ring (bicyclic) bond motifs is 2. The van der Waals surface area contributed by atoms with Crippen LogP contribution in [0, 0.1) is 17.3 Å². The summed E-state index contributed by atoms with van der Waals surface area (Å²) in [7, 11) is 0. The topological polar surface area (TPSA) is 91.8 Å². The van der Waals surface area contributed by atoms with E-state index in [0.29, 0.717) is 13.0 Å². The number of hydrogen-bond acceptors (Lipinski definition) is 6. The highest BCUT2D eigenvalue weighted by atomic mass is 35.5. The molecule has 0 amide bonds. The van der Waals surface area contributed by atoms with Gasteiger partial charge in [0.15, 0.2) is 5.60 Å². The number of aliphatic hydroxyl groups excluding tert-OH is 1. The molecule has 0 aromatic carbocycles. The van der Waals surface area contributed by atoms with Gasteiger partial charge >= 0.3 is 5.97 Å². The van der Waals surface area contributed by atoms with E-state index in [1.54, 1.807) is 13.8 Å². The molecule has 3 aliphatic carbocycles. The van der Waals surface area contributed by atoms with Crippen LogP contribution in [0.5, 0.6) is 0 Å². The quantitative estimate of drug-likeness (QED) is 0.394. The molecule has 2 saturated heterocycles. The summed E-state index contributed by atoms with van der Waals surface area (Å²) < 4.78 is 18.0. The van der Waals surface area contributed by atoms with E-state index < -0.39 is 34.2 Å². The van der Waals surface area contributed by atoms with Crippen LogP contribution in [0.3, 0.4) is 0 Å². The van der Waals surface area contributed by atoms with Crippen LogP contribution in [-0.4, -0.2) is 63.3 Å². The van der Waals surface area contributed by atoms with E-state index in [1.165, 1.54) is 0 Å². The number of rotatable bonds is 1. The van der Waals surface area contributed by atoms with E-state index in [2.05, 4.69) is 6.92 Å². The van der Waals surface area contributed by atoms with Gasteiger partial charge in [-0.3, -0.25) is 0 Å². The lowest BCUT2D eigenvalue weighted by Crippen LogP contribution is -2.70. The summed E-state index contributed by atoms with van der Waals surface area (Å²) in [6.45, 7) is 5.93. The van der Waals surface area contributed by atoms with Crippen molar-refractivity contribution < 1.29 is 29.2 Å². The van der Waals surface area contributed by atoms with Crippen LogP contribution >= 0.6 is 11.6 Å². The molecule has 9 atom stereocenters. The molecule has 3 heterocycles. The largest absolute Gasteiger partial charge is 0.458 e. The van der Waals surface area contributed by atoms with Crippen LogP contribution in [0.2, 0.25) is 0 Å². The van der Waals surface area contributed by atoms with Crippen molar-refractivity contribution in [3.63, 3.8) is 0 Å². The van der Waals surface area contributed by atoms with Crippen LogP contribution in [0.4, 0.5) is 0 Å². The third-order valence-electron chi connectivity index (χ3n) is 8.60. The Bertz CT molecular complexity index is 803. The van der Waals surface area contributed by atoms with Crippen molar-refractivity contribution in [2.75, 3.05) is 6.61 Å². The fraction of sp³-hybridized carbons (Fsp3) is 0.850. The SMILES string of the molecule is CC(C)(O)[C@@H]1[C@H](Cl)[C@@H]2O[C@]23[C@]2(O[C@H]2C[C@H]2C4=C(CC[C@@]23C)C(=O)OC4)[C@@H]1O. The molecule has 6 aliphatic rings. The zero-order chi connectivity index (χ0) is 19.1. The van der Waals surface area contributed by atoms with Gasteiger partial charge in [-0.2, -0.15) is 0 Å². The lowest BCUT2D eigenvalue weighted by molar-refractivity contribution is -0.136. The van der Waals surface area contributed by atoms with E-state index in [9.17, 15) is 15.0 Å². The number of halogens is 1. The first-order valence-corrected chi connectivity index (χ1v) is 10.3. The molecule has 2 saturated carbocycles. The van der Waals surface area contributed by atoms with Gasteiger partial charge in [-0.25, -0.2) is 4.79 Å². The molecule has 6 rings (SSSR count). The Kier molecular flexibility index (Phi) is 2.91. The standard InChI is InChI=1S/C20H25ClO6/c1-17(2,24)12-13(21)15-20(27-15)18(3)5-4-8-9(7-25-16(8)23)10(18)6-11-19(20,26-11)14(12)22/h10-15,22,24H,4-7H2,1-3H3/t10-,11-,12+,13-,14+,15-,18-,19+,20+/m0/s1. The number of ether oxygens (including phenoxy) is 3. The van der Waals surface area contributed by atoms with E-state index in [-0.39, 0.29) is 29.5 Å². The monoisotopic (exact) mass is 396 g/mol. The second-order valence-electron chi connectivity index (χ2n) is 10.0. The van der Waals surface area contributed by atoms with E-state index in [4.69, 9.17) is 25.8 Å². The highest BCUT2D eigenvalue weighted by Gasteiger charge is 2.94. The number of carbonyl (C=O) groups is 1. The summed E-state index contributed by atoms with van der Waals surface area (Å²) >= 11 is 6.79. The Labute approximate surface area is 162 Å². The van der Waals surface area contributed by atoms with Crippen LogP contribution in [0.15, 0.2) is 11.1 Å². The second-order valence-corrected chi connectivity index (χ2v) is 10.5. The fourth-order valence-corrected chi connectivity index (χ4v) is 8.01. The lowest BCUT2D eigenvalue weighted by Gasteiger charge is -2.55. The van der Waals surface area contributed by atoms with Gasteiger partial charge in [-0.15, -0.1) is 11.6 Å². The summed E-state index contributed by atoms with van der Waals surface area (Å²) in [6.07, 6.45) is 0.885. The minimum atomic E-state index is -1.14. The van der Waals surface area contributed by atoms with Crippen molar-refractivity contribution >= 4 is 17.6 Å². The molecular weight excluding hydrogens is 372 g/mol.